The van der Waals surface area contributed by atoms with Gasteiger partial charge >= 0.3 is 0 Å². The first kappa shape index (κ1) is 17.6. The second-order valence-corrected chi connectivity index (χ2v) is 7.89. The van der Waals surface area contributed by atoms with Gasteiger partial charge in [-0.05, 0) is 31.2 Å². The highest BCUT2D eigenvalue weighted by Gasteiger charge is 2.16. The third kappa shape index (κ3) is 3.81. The first-order valence-electron chi connectivity index (χ1n) is 8.12. The van der Waals surface area contributed by atoms with E-state index < -0.39 is 0 Å². The lowest BCUT2D eigenvalue weighted by molar-refractivity contribution is 0.102. The maximum Gasteiger partial charge on any atom is 0.279 e. The van der Waals surface area contributed by atoms with Crippen LogP contribution in [0.2, 0.25) is 0 Å². The molecule has 0 aliphatic heterocycles. The molecule has 2 heterocycles. The molecule has 4 aromatic rings. The van der Waals surface area contributed by atoms with Crippen LogP contribution in [0.5, 0.6) is 0 Å². The Morgan fingerprint density at radius 1 is 1.11 bits per heavy atom. The summed E-state index contributed by atoms with van der Waals surface area (Å²) in [5.74, 6) is -0.340. The highest BCUT2D eigenvalue weighted by molar-refractivity contribution is 9.10. The molecule has 0 radical (unpaired) electrons. The Balaban J connectivity index is 1.53. The molecular formula is C19H14BrN5OS. The Hall–Kier alpha value is -2.84. The van der Waals surface area contributed by atoms with Crippen LogP contribution in [0.3, 0.4) is 0 Å². The fraction of sp³-hybridized carbons (Fsp3) is 0.0526. The molecule has 0 aliphatic carbocycles. The van der Waals surface area contributed by atoms with Gasteiger partial charge in [0, 0.05) is 14.9 Å². The number of amides is 1. The average Bonchev–Trinajstić information content (AvgIpc) is 3.30. The van der Waals surface area contributed by atoms with E-state index in [0.29, 0.717) is 5.13 Å². The van der Waals surface area contributed by atoms with Crippen molar-refractivity contribution >= 4 is 38.3 Å². The zero-order valence-electron chi connectivity index (χ0n) is 14.3. The summed E-state index contributed by atoms with van der Waals surface area (Å²) in [5, 5.41) is 11.3. The van der Waals surface area contributed by atoms with Crippen molar-refractivity contribution in [2.24, 2.45) is 0 Å². The number of aromatic nitrogens is 4. The summed E-state index contributed by atoms with van der Waals surface area (Å²) in [6.07, 6.45) is 1.60. The Labute approximate surface area is 168 Å². The van der Waals surface area contributed by atoms with Crippen molar-refractivity contribution in [2.45, 2.75) is 6.92 Å². The minimum Gasteiger partial charge on any atom is -0.296 e. The number of benzene rings is 2. The predicted molar refractivity (Wildman–Crippen MR) is 109 cm³/mol. The maximum atomic E-state index is 12.5. The van der Waals surface area contributed by atoms with Crippen LogP contribution in [0.15, 0.2) is 65.3 Å². The van der Waals surface area contributed by atoms with Gasteiger partial charge < -0.3 is 0 Å². The highest BCUT2D eigenvalue weighted by Crippen LogP contribution is 2.31. The molecule has 0 saturated heterocycles. The van der Waals surface area contributed by atoms with Crippen molar-refractivity contribution in [1.29, 1.82) is 0 Å². The van der Waals surface area contributed by atoms with Crippen molar-refractivity contribution in [1.82, 2.24) is 20.0 Å². The number of halogens is 1. The molecule has 6 nitrogen and oxygen atoms in total. The molecule has 0 saturated carbocycles. The summed E-state index contributed by atoms with van der Waals surface area (Å²) in [6, 6.07) is 17.4. The Bertz CT molecular complexity index is 1090. The van der Waals surface area contributed by atoms with Gasteiger partial charge in [0.05, 0.1) is 17.6 Å². The first-order chi connectivity index (χ1) is 13.1. The molecule has 0 fully saturated rings. The summed E-state index contributed by atoms with van der Waals surface area (Å²) in [7, 11) is 0. The van der Waals surface area contributed by atoms with E-state index in [9.17, 15) is 4.79 Å². The average molecular weight is 440 g/mol. The number of para-hydroxylation sites is 1. The van der Waals surface area contributed by atoms with Gasteiger partial charge in [0.1, 0.15) is 0 Å². The summed E-state index contributed by atoms with van der Waals surface area (Å²) >= 11 is 4.86. The van der Waals surface area contributed by atoms with Gasteiger partial charge in [0.15, 0.2) is 10.8 Å². The molecule has 0 unspecified atom stereocenters. The van der Waals surface area contributed by atoms with Gasteiger partial charge in [-0.15, -0.1) is 16.4 Å². The number of thiazole rings is 1. The molecule has 2 aromatic carbocycles. The molecule has 0 spiro atoms. The van der Waals surface area contributed by atoms with Gasteiger partial charge in [-0.2, -0.15) is 0 Å². The molecule has 1 amide bonds. The second-order valence-electron chi connectivity index (χ2n) is 5.77. The molecule has 0 bridgehead atoms. The van der Waals surface area contributed by atoms with E-state index in [4.69, 9.17) is 0 Å². The molecule has 0 aliphatic rings. The van der Waals surface area contributed by atoms with Crippen LogP contribution < -0.4 is 5.32 Å². The van der Waals surface area contributed by atoms with E-state index >= 15 is 0 Å². The van der Waals surface area contributed by atoms with Gasteiger partial charge in [-0.25, -0.2) is 9.67 Å². The van der Waals surface area contributed by atoms with Gasteiger partial charge in [-0.3, -0.25) is 10.1 Å². The molecule has 0 atom stereocenters. The van der Waals surface area contributed by atoms with E-state index in [1.807, 2.05) is 61.5 Å². The largest absolute Gasteiger partial charge is 0.296 e. The van der Waals surface area contributed by atoms with Crippen LogP contribution in [-0.4, -0.2) is 25.9 Å². The van der Waals surface area contributed by atoms with E-state index in [0.717, 1.165) is 26.3 Å². The van der Waals surface area contributed by atoms with Gasteiger partial charge in [0.2, 0.25) is 0 Å². The molecule has 2 aromatic heterocycles. The summed E-state index contributed by atoms with van der Waals surface area (Å²) < 4.78 is 2.57. The summed E-state index contributed by atoms with van der Waals surface area (Å²) in [4.78, 5) is 18.1. The Morgan fingerprint density at radius 3 is 2.59 bits per heavy atom. The quantitative estimate of drug-likeness (QED) is 0.499. The molecule has 134 valence electrons. The third-order valence-electron chi connectivity index (χ3n) is 3.88. The van der Waals surface area contributed by atoms with Crippen molar-refractivity contribution in [2.75, 3.05) is 5.32 Å². The molecule has 4 rings (SSSR count). The van der Waals surface area contributed by atoms with Crippen LogP contribution in [0, 0.1) is 6.92 Å². The lowest BCUT2D eigenvalue weighted by Crippen LogP contribution is -2.12. The van der Waals surface area contributed by atoms with Crippen molar-refractivity contribution in [3.8, 4) is 16.9 Å². The molecule has 8 heteroatoms. The number of anilines is 1. The van der Waals surface area contributed by atoms with Crippen LogP contribution in [0.1, 0.15) is 15.4 Å². The van der Waals surface area contributed by atoms with Crippen molar-refractivity contribution in [3.63, 3.8) is 0 Å². The van der Waals surface area contributed by atoms with Gasteiger partial charge in [-0.1, -0.05) is 51.5 Å². The smallest absolute Gasteiger partial charge is 0.279 e. The Kier molecular flexibility index (Phi) is 4.83. The molecular weight excluding hydrogens is 426 g/mol. The van der Waals surface area contributed by atoms with Gasteiger partial charge in [0.25, 0.3) is 5.91 Å². The van der Waals surface area contributed by atoms with E-state index in [2.05, 4.69) is 36.5 Å². The zero-order chi connectivity index (χ0) is 18.8. The topological polar surface area (TPSA) is 72.7 Å². The normalized spacial score (nSPS) is 10.7. The van der Waals surface area contributed by atoms with E-state index in [1.54, 1.807) is 10.9 Å². The number of carbonyl (C=O) groups excluding carboxylic acids is 1. The molecule has 27 heavy (non-hydrogen) atoms. The number of aryl methyl sites for hydroxylation is 1. The lowest BCUT2D eigenvalue weighted by atomic mass is 10.1. The maximum absolute atomic E-state index is 12.5. The second kappa shape index (κ2) is 7.42. The van der Waals surface area contributed by atoms with Crippen LogP contribution in [-0.2, 0) is 0 Å². The van der Waals surface area contributed by atoms with Crippen molar-refractivity contribution < 1.29 is 4.79 Å². The lowest BCUT2D eigenvalue weighted by Gasteiger charge is -1.99. The van der Waals surface area contributed by atoms with Crippen LogP contribution in [0.25, 0.3) is 16.9 Å². The van der Waals surface area contributed by atoms with E-state index in [-0.39, 0.29) is 11.6 Å². The third-order valence-corrected chi connectivity index (χ3v) is 5.30. The number of rotatable bonds is 4. The van der Waals surface area contributed by atoms with Crippen molar-refractivity contribution in [3.05, 3.63) is 75.8 Å². The number of nitrogens with one attached hydrogen (secondary N) is 1. The number of hydrogen-bond acceptors (Lipinski definition) is 5. The SMILES string of the molecule is Cc1sc(NC(=O)c2cn(-c3ccccc3)nn2)nc1-c1ccc(Br)cc1. The predicted octanol–water partition coefficient (Wildman–Crippen LogP) is 4.71. The monoisotopic (exact) mass is 439 g/mol. The standard InChI is InChI=1S/C19H14BrN5OS/c1-12-17(13-7-9-14(20)10-8-13)21-19(27-12)22-18(26)16-11-25(24-23-16)15-5-3-2-4-6-15/h2-11H,1H3,(H,21,22,26). The van der Waals surface area contributed by atoms with Crippen LogP contribution >= 0.6 is 27.3 Å². The number of hydrogen-bond donors (Lipinski definition) is 1. The fourth-order valence-electron chi connectivity index (χ4n) is 2.56. The first-order valence-corrected chi connectivity index (χ1v) is 9.73. The number of nitrogens with zero attached hydrogens (tertiary/aromatic N) is 4. The number of carbonyl (C=O) groups is 1. The minimum atomic E-state index is -0.340. The molecule has 1 N–H and O–H groups in total. The minimum absolute atomic E-state index is 0.233. The van der Waals surface area contributed by atoms with E-state index in [1.165, 1.54) is 11.3 Å². The summed E-state index contributed by atoms with van der Waals surface area (Å²) in [6.45, 7) is 1.98. The summed E-state index contributed by atoms with van der Waals surface area (Å²) in [5.41, 5.74) is 2.93. The fourth-order valence-corrected chi connectivity index (χ4v) is 3.66. The van der Waals surface area contributed by atoms with Crippen LogP contribution in [0.4, 0.5) is 5.13 Å². The highest BCUT2D eigenvalue weighted by atomic mass is 79.9. The Morgan fingerprint density at radius 2 is 1.85 bits per heavy atom. The zero-order valence-corrected chi connectivity index (χ0v) is 16.7.